The van der Waals surface area contributed by atoms with Crippen molar-refractivity contribution in [2.75, 3.05) is 4.90 Å². The second-order valence-electron chi connectivity index (χ2n) is 38.8. The lowest BCUT2D eigenvalue weighted by molar-refractivity contribution is 0.399. The molecule has 2 spiro atoms. The van der Waals surface area contributed by atoms with Gasteiger partial charge in [-0.15, -0.1) is 0 Å². The normalized spacial score (nSPS) is 15.3. The van der Waals surface area contributed by atoms with Gasteiger partial charge in [0.25, 0.3) is 0 Å². The van der Waals surface area contributed by atoms with E-state index < -0.39 is 16.2 Å². The smallest absolute Gasteiger partial charge is 0.143 e. The quantitative estimate of drug-likeness (QED) is 0.0851. The van der Waals surface area contributed by atoms with Crippen LogP contribution >= 0.6 is 0 Å². The third-order valence-electron chi connectivity index (χ3n) is 31.4. The third kappa shape index (κ3) is 10.0. The molecule has 0 atom stereocenters. The second kappa shape index (κ2) is 27.2. The van der Waals surface area contributed by atoms with Crippen molar-refractivity contribution >= 4 is 60.9 Å². The number of para-hydroxylation sites is 2. The number of furan rings is 2. The highest BCUT2D eigenvalue weighted by Gasteiger charge is 2.58. The van der Waals surface area contributed by atoms with E-state index in [4.69, 9.17) is 8.83 Å². The van der Waals surface area contributed by atoms with Crippen molar-refractivity contribution in [3.05, 3.63) is 398 Å². The lowest BCUT2D eigenvalue weighted by atomic mass is 9.68. The molecule has 0 saturated carbocycles. The first kappa shape index (κ1) is 74.5. The third-order valence-corrected chi connectivity index (χ3v) is 31.4. The zero-order valence-electron chi connectivity index (χ0n) is 73.1. The first-order valence-electron chi connectivity index (χ1n) is 46.4. The minimum absolute atomic E-state index is 0.0174. The van der Waals surface area contributed by atoms with Gasteiger partial charge in [0.2, 0.25) is 0 Å². The van der Waals surface area contributed by atoms with E-state index in [1.165, 1.54) is 272 Å². The Morgan fingerprint density at radius 1 is 0.264 bits per heavy atom. The number of unbranched alkanes of at least 4 members (excludes halogenated alkanes) is 8. The maximum atomic E-state index is 7.35. The van der Waals surface area contributed by atoms with Gasteiger partial charge in [-0.2, -0.15) is 0 Å². The Labute approximate surface area is 734 Å². The van der Waals surface area contributed by atoms with Crippen LogP contribution in [0.5, 0.6) is 0 Å². The first-order valence-corrected chi connectivity index (χ1v) is 46.4. The van der Waals surface area contributed by atoms with Crippen LogP contribution in [-0.2, 0) is 27.1 Å². The van der Waals surface area contributed by atoms with Gasteiger partial charge in [-0.05, 0) is 296 Å². The van der Waals surface area contributed by atoms with Crippen LogP contribution < -0.4 is 4.90 Å². The number of hydrogen-bond donors (Lipinski definition) is 0. The van der Waals surface area contributed by atoms with Gasteiger partial charge in [0.15, 0.2) is 0 Å². The summed E-state index contributed by atoms with van der Waals surface area (Å²) in [6.45, 7) is 21.4. The van der Waals surface area contributed by atoms with Crippen LogP contribution in [0.2, 0.25) is 0 Å². The van der Waals surface area contributed by atoms with Crippen molar-refractivity contribution in [3.8, 4) is 100 Å². The molecule has 2 heterocycles. The van der Waals surface area contributed by atoms with Crippen molar-refractivity contribution in [2.45, 2.75) is 166 Å². The fourth-order valence-corrected chi connectivity index (χ4v) is 26.0. The number of hydrogen-bond acceptors (Lipinski definition) is 3. The van der Waals surface area contributed by atoms with Gasteiger partial charge in [0.05, 0.1) is 16.5 Å². The van der Waals surface area contributed by atoms with Crippen molar-refractivity contribution in [2.24, 2.45) is 0 Å². The Bertz CT molecular complexity index is 7580. The van der Waals surface area contributed by atoms with Crippen LogP contribution in [0.1, 0.15) is 213 Å². The van der Waals surface area contributed by atoms with E-state index in [0.29, 0.717) is 0 Å². The summed E-state index contributed by atoms with van der Waals surface area (Å²) in [5.74, 6) is 0. The minimum Gasteiger partial charge on any atom is -0.456 e. The number of anilines is 3. The molecule has 0 amide bonds. The molecular formula is C122H101NO2. The molecule has 606 valence electrons. The molecule has 25 rings (SSSR count). The van der Waals surface area contributed by atoms with Crippen LogP contribution in [0.15, 0.2) is 312 Å². The average Bonchev–Trinajstić information content (AvgIpc) is 1.48. The van der Waals surface area contributed by atoms with Crippen LogP contribution in [-0.4, -0.2) is 0 Å². The number of aryl methyl sites for hydroxylation is 3. The summed E-state index contributed by atoms with van der Waals surface area (Å²) in [5.41, 5.74) is 50.9. The van der Waals surface area contributed by atoms with E-state index in [1.54, 1.807) is 11.1 Å². The molecule has 125 heavy (non-hydrogen) atoms. The highest BCUT2D eigenvalue weighted by atomic mass is 16.3. The zero-order chi connectivity index (χ0) is 83.9. The Balaban J connectivity index is 0.629. The van der Waals surface area contributed by atoms with Gasteiger partial charge in [-0.25, -0.2) is 0 Å². The molecular weight excluding hydrogens is 1510 g/mol. The molecule has 0 fully saturated rings. The van der Waals surface area contributed by atoms with Crippen molar-refractivity contribution in [1.29, 1.82) is 0 Å². The molecule has 0 radical (unpaired) electrons. The van der Waals surface area contributed by atoms with Gasteiger partial charge in [-0.1, -0.05) is 336 Å². The van der Waals surface area contributed by atoms with Crippen LogP contribution in [0.4, 0.5) is 17.1 Å². The van der Waals surface area contributed by atoms with Crippen molar-refractivity contribution in [3.63, 3.8) is 0 Å². The summed E-state index contributed by atoms with van der Waals surface area (Å²) in [5, 5.41) is 4.64. The van der Waals surface area contributed by atoms with E-state index in [0.717, 1.165) is 50.0 Å². The number of rotatable bonds is 17. The van der Waals surface area contributed by atoms with E-state index in [-0.39, 0.29) is 10.8 Å². The number of benzene rings is 16. The topological polar surface area (TPSA) is 29.5 Å². The molecule has 0 aliphatic heterocycles. The Morgan fingerprint density at radius 3 is 1.26 bits per heavy atom. The average molecular weight is 1610 g/mol. The summed E-state index contributed by atoms with van der Waals surface area (Å²) >= 11 is 0. The lowest BCUT2D eigenvalue weighted by Gasteiger charge is -2.34. The van der Waals surface area contributed by atoms with Crippen LogP contribution in [0, 0.1) is 20.8 Å². The summed E-state index contributed by atoms with van der Waals surface area (Å²) < 4.78 is 14.3. The molecule has 0 N–H and O–H groups in total. The minimum atomic E-state index is -0.703. The Morgan fingerprint density at radius 2 is 0.664 bits per heavy atom. The standard InChI is InChI=1S/C122H101NO2/c1-10-12-14-16-32-60-120(61-33-17-15-13-11-2)95-41-25-18-34-80(95)87-54-49-76(65-104(87)120)75-48-53-85-86-55-50-77(66-102(86)118(6,7)101(85)64-75)92-69-108-112(115-91-40-24-31-47-110(91)125-117(92)115)89-57-52-78(67-103(89)119(108,8)9)123(116-73(4)62-72(3)63-74(116)5)79-51-56-88-93-70-107-94(71-106(93)122(105(88)68-79)98-44-28-21-37-83(98)84-38-22-29-45-99(84)122)113-100(58-59-111-114(113)90-39-23-30-46-109(90)124-111)121(107)96-42-26-19-35-81(96)82-36-20-27-43-97(82)121/h18-31,34-59,62-71H,10-17,32-33,60-61H2,1-9H3. The zero-order valence-corrected chi connectivity index (χ0v) is 73.1. The Kier molecular flexibility index (Phi) is 16.2. The second-order valence-corrected chi connectivity index (χ2v) is 38.8. The Hall–Kier alpha value is -13.1. The highest BCUT2D eigenvalue weighted by molar-refractivity contribution is 6.20. The first-order chi connectivity index (χ1) is 61.1. The summed E-state index contributed by atoms with van der Waals surface area (Å²) in [4.78, 5) is 2.62. The predicted octanol–water partition coefficient (Wildman–Crippen LogP) is 33.5. The van der Waals surface area contributed by atoms with Crippen molar-refractivity contribution in [1.82, 2.24) is 0 Å². The molecule has 7 aliphatic rings. The van der Waals surface area contributed by atoms with E-state index >= 15 is 0 Å². The largest absolute Gasteiger partial charge is 0.456 e. The summed E-state index contributed by atoms with van der Waals surface area (Å²) in [6.07, 6.45) is 15.4. The molecule has 0 unspecified atom stereocenters. The molecule has 0 bridgehead atoms. The van der Waals surface area contributed by atoms with Gasteiger partial charge >= 0.3 is 0 Å². The van der Waals surface area contributed by atoms with E-state index in [2.05, 4.69) is 371 Å². The van der Waals surface area contributed by atoms with E-state index in [1.807, 2.05) is 0 Å². The van der Waals surface area contributed by atoms with Gasteiger partial charge in [0.1, 0.15) is 22.3 Å². The van der Waals surface area contributed by atoms with Crippen LogP contribution in [0.25, 0.3) is 144 Å². The SMILES string of the molecule is CCCCCCCC1(CCCCCCC)c2ccccc2-c2ccc(-c3ccc4c(c3)C(C)(C)c3cc(-c5cc6c(c7c5oc5ccccc57)-c5ccc(N(c7ccc8c(c7)C7(c9ccccc9-c9ccccc97)c7cc9c(cc7-8)C7(c8ccccc8-c8ccccc87)c7ccc8oc%10ccccc%10c8c7-9)c7c(C)cc(C)cc7C)cc5C6(C)C)ccc3-4)cc21. The number of fused-ring (bicyclic) bond motifs is 37. The predicted molar refractivity (Wildman–Crippen MR) is 521 cm³/mol. The maximum Gasteiger partial charge on any atom is 0.143 e. The molecule has 3 heteroatoms. The van der Waals surface area contributed by atoms with Gasteiger partial charge < -0.3 is 13.7 Å². The van der Waals surface area contributed by atoms with Gasteiger partial charge in [0, 0.05) is 54.7 Å². The summed E-state index contributed by atoms with van der Waals surface area (Å²) in [7, 11) is 0. The summed E-state index contributed by atoms with van der Waals surface area (Å²) in [6, 6.07) is 119. The highest BCUT2D eigenvalue weighted by Crippen LogP contribution is 2.71. The molecule has 16 aromatic carbocycles. The molecule has 2 aromatic heterocycles. The van der Waals surface area contributed by atoms with E-state index in [9.17, 15) is 0 Å². The fraction of sp³-hybridized carbons (Fsp3) is 0.213. The molecule has 18 aromatic rings. The van der Waals surface area contributed by atoms with Gasteiger partial charge in [-0.3, -0.25) is 0 Å². The monoisotopic (exact) mass is 1610 g/mol. The van der Waals surface area contributed by atoms with Crippen molar-refractivity contribution < 1.29 is 8.83 Å². The molecule has 3 nitrogen and oxygen atoms in total. The fourth-order valence-electron chi connectivity index (χ4n) is 26.0. The molecule has 0 saturated heterocycles. The van der Waals surface area contributed by atoms with Crippen LogP contribution in [0.3, 0.4) is 0 Å². The lowest BCUT2D eigenvalue weighted by Crippen LogP contribution is -2.27. The number of nitrogens with zero attached hydrogens (tertiary/aromatic N) is 1. The molecule has 7 aliphatic carbocycles. The maximum absolute atomic E-state index is 7.35.